The number of carbonyl (C=O) groups excluding carboxylic acids is 1. The van der Waals surface area contributed by atoms with Crippen LogP contribution in [-0.4, -0.2) is 67.2 Å². The molecule has 28 heavy (non-hydrogen) atoms. The minimum Gasteiger partial charge on any atom is -0.486 e. The monoisotopic (exact) mass is 386 g/mol. The fourth-order valence-corrected chi connectivity index (χ4v) is 4.20. The van der Waals surface area contributed by atoms with Crippen molar-refractivity contribution in [2.24, 2.45) is 0 Å². The van der Waals surface area contributed by atoms with Crippen LogP contribution in [0.4, 0.5) is 8.78 Å². The second-order valence-corrected chi connectivity index (χ2v) is 7.62. The molecule has 5 rings (SSSR count). The number of fused-ring (bicyclic) bond motifs is 2. The third kappa shape index (κ3) is 2.77. The van der Waals surface area contributed by atoms with Crippen molar-refractivity contribution in [2.45, 2.75) is 18.2 Å². The maximum atomic E-state index is 14.2. The van der Waals surface area contributed by atoms with E-state index in [0.717, 1.165) is 12.6 Å². The van der Waals surface area contributed by atoms with E-state index < -0.39 is 11.6 Å². The van der Waals surface area contributed by atoms with Crippen molar-refractivity contribution < 1.29 is 23.0 Å². The predicted octanol–water partition coefficient (Wildman–Crippen LogP) is 2.55. The zero-order chi connectivity index (χ0) is 19.4. The standard InChI is InChI=1S/C21H20F2N2O3/c1-24-18-8-25(14-10-27-11-14)9-20(18)28-19-6-12(2-4-16(19)21(24)26)15-5-3-13(22)7-17(15)23/h2-7,14,18,20H,8-11H2,1H3/t18-,20+/m1/s1. The molecule has 0 spiro atoms. The van der Waals surface area contributed by atoms with Crippen molar-refractivity contribution in [3.8, 4) is 16.9 Å². The van der Waals surface area contributed by atoms with E-state index in [1.807, 2.05) is 0 Å². The highest BCUT2D eigenvalue weighted by atomic mass is 19.1. The summed E-state index contributed by atoms with van der Waals surface area (Å²) in [7, 11) is 1.80. The Labute approximate surface area is 161 Å². The van der Waals surface area contributed by atoms with Crippen LogP contribution in [0.1, 0.15) is 10.4 Å². The summed E-state index contributed by atoms with van der Waals surface area (Å²) in [5.74, 6) is -0.942. The number of likely N-dealkylation sites (tertiary alicyclic amines) is 1. The first-order valence-corrected chi connectivity index (χ1v) is 9.36. The number of halogens is 2. The third-order valence-electron chi connectivity index (χ3n) is 5.95. The Hall–Kier alpha value is -2.51. The molecule has 0 saturated carbocycles. The normalized spacial score (nSPS) is 25.0. The summed E-state index contributed by atoms with van der Waals surface area (Å²) >= 11 is 0. The van der Waals surface area contributed by atoms with Gasteiger partial charge >= 0.3 is 0 Å². The SMILES string of the molecule is CN1C(=O)c2ccc(-c3ccc(F)cc3F)cc2O[C@H]2CN(C3COC3)C[C@H]21. The fraction of sp³-hybridized carbons (Fsp3) is 0.381. The summed E-state index contributed by atoms with van der Waals surface area (Å²) in [5, 5.41) is 0. The first-order chi connectivity index (χ1) is 13.5. The highest BCUT2D eigenvalue weighted by Crippen LogP contribution is 2.35. The zero-order valence-corrected chi connectivity index (χ0v) is 15.4. The Morgan fingerprint density at radius 3 is 2.54 bits per heavy atom. The van der Waals surface area contributed by atoms with Crippen LogP contribution in [-0.2, 0) is 4.74 Å². The molecule has 3 heterocycles. The van der Waals surface area contributed by atoms with Gasteiger partial charge in [-0.2, -0.15) is 0 Å². The topological polar surface area (TPSA) is 42.0 Å². The molecule has 0 unspecified atom stereocenters. The molecule has 2 aromatic rings. The number of hydrogen-bond donors (Lipinski definition) is 0. The van der Waals surface area contributed by atoms with Gasteiger partial charge in [-0.05, 0) is 29.8 Å². The van der Waals surface area contributed by atoms with Crippen LogP contribution >= 0.6 is 0 Å². The molecule has 0 radical (unpaired) electrons. The molecule has 3 aliphatic rings. The van der Waals surface area contributed by atoms with Gasteiger partial charge in [0, 0.05) is 31.8 Å². The van der Waals surface area contributed by atoms with E-state index in [-0.39, 0.29) is 23.6 Å². The molecule has 5 nitrogen and oxygen atoms in total. The predicted molar refractivity (Wildman–Crippen MR) is 98.3 cm³/mol. The number of nitrogens with zero attached hydrogens (tertiary/aromatic N) is 2. The van der Waals surface area contributed by atoms with Crippen molar-refractivity contribution in [1.82, 2.24) is 9.80 Å². The Balaban J connectivity index is 1.50. The molecular formula is C21H20F2N2O3. The summed E-state index contributed by atoms with van der Waals surface area (Å²) in [4.78, 5) is 17.0. The average molecular weight is 386 g/mol. The summed E-state index contributed by atoms with van der Waals surface area (Å²) in [6, 6.07) is 8.79. The lowest BCUT2D eigenvalue weighted by molar-refractivity contribution is -0.0599. The minimum atomic E-state index is -0.646. The van der Waals surface area contributed by atoms with Gasteiger partial charge in [0.2, 0.25) is 0 Å². The van der Waals surface area contributed by atoms with E-state index >= 15 is 0 Å². The van der Waals surface area contributed by atoms with Crippen LogP contribution < -0.4 is 4.74 Å². The van der Waals surface area contributed by atoms with E-state index in [1.165, 1.54) is 12.1 Å². The quantitative estimate of drug-likeness (QED) is 0.796. The smallest absolute Gasteiger partial charge is 0.257 e. The zero-order valence-electron chi connectivity index (χ0n) is 15.4. The van der Waals surface area contributed by atoms with Crippen molar-refractivity contribution in [3.63, 3.8) is 0 Å². The van der Waals surface area contributed by atoms with E-state index in [0.29, 0.717) is 42.7 Å². The van der Waals surface area contributed by atoms with Gasteiger partial charge < -0.3 is 14.4 Å². The first-order valence-electron chi connectivity index (χ1n) is 9.36. The Kier molecular flexibility index (Phi) is 4.10. The molecule has 0 aromatic heterocycles. The van der Waals surface area contributed by atoms with Crippen LogP contribution in [0.25, 0.3) is 11.1 Å². The highest BCUT2D eigenvalue weighted by Gasteiger charge is 2.45. The summed E-state index contributed by atoms with van der Waals surface area (Å²) in [6.45, 7) is 2.88. The maximum Gasteiger partial charge on any atom is 0.257 e. The van der Waals surface area contributed by atoms with Gasteiger partial charge in [-0.15, -0.1) is 0 Å². The number of amides is 1. The molecule has 2 fully saturated rings. The third-order valence-corrected chi connectivity index (χ3v) is 5.95. The van der Waals surface area contributed by atoms with Gasteiger partial charge in [0.1, 0.15) is 23.5 Å². The van der Waals surface area contributed by atoms with Gasteiger partial charge in [0.25, 0.3) is 5.91 Å². The lowest BCUT2D eigenvalue weighted by atomic mass is 10.0. The molecule has 0 N–H and O–H groups in total. The van der Waals surface area contributed by atoms with Crippen molar-refractivity contribution in [3.05, 3.63) is 53.6 Å². The lowest BCUT2D eigenvalue weighted by Crippen LogP contribution is -2.49. The molecule has 0 aliphatic carbocycles. The molecule has 0 bridgehead atoms. The van der Waals surface area contributed by atoms with Gasteiger partial charge in [-0.25, -0.2) is 8.78 Å². The maximum absolute atomic E-state index is 14.2. The highest BCUT2D eigenvalue weighted by molar-refractivity contribution is 5.98. The fourth-order valence-electron chi connectivity index (χ4n) is 4.20. The molecule has 1 amide bonds. The van der Waals surface area contributed by atoms with E-state index in [2.05, 4.69) is 4.90 Å². The van der Waals surface area contributed by atoms with Gasteiger partial charge in [-0.1, -0.05) is 6.07 Å². The van der Waals surface area contributed by atoms with Crippen molar-refractivity contribution in [1.29, 1.82) is 0 Å². The number of ether oxygens (including phenoxy) is 2. The lowest BCUT2D eigenvalue weighted by Gasteiger charge is -2.34. The van der Waals surface area contributed by atoms with Crippen LogP contribution in [0.15, 0.2) is 36.4 Å². The van der Waals surface area contributed by atoms with Gasteiger partial charge in [-0.3, -0.25) is 9.69 Å². The second kappa shape index (κ2) is 6.53. The largest absolute Gasteiger partial charge is 0.486 e. The summed E-state index contributed by atoms with van der Waals surface area (Å²) in [6.07, 6.45) is -0.163. The first kappa shape index (κ1) is 17.6. The molecule has 3 aliphatic heterocycles. The number of rotatable bonds is 2. The van der Waals surface area contributed by atoms with E-state index in [4.69, 9.17) is 9.47 Å². The van der Waals surface area contributed by atoms with Crippen LogP contribution in [0.5, 0.6) is 5.75 Å². The Bertz CT molecular complexity index is 947. The number of hydrogen-bond acceptors (Lipinski definition) is 4. The molecule has 2 saturated heterocycles. The molecule has 7 heteroatoms. The summed E-state index contributed by atoms with van der Waals surface area (Å²) < 4.78 is 39.0. The number of carbonyl (C=O) groups is 1. The summed E-state index contributed by atoms with van der Waals surface area (Å²) in [5.41, 5.74) is 1.28. The molecule has 2 aromatic carbocycles. The van der Waals surface area contributed by atoms with Crippen molar-refractivity contribution in [2.75, 3.05) is 33.4 Å². The Morgan fingerprint density at radius 1 is 1.04 bits per heavy atom. The molecule has 146 valence electrons. The average Bonchev–Trinajstić information content (AvgIpc) is 2.98. The number of benzene rings is 2. The van der Waals surface area contributed by atoms with Gasteiger partial charge in [0.15, 0.2) is 0 Å². The molecular weight excluding hydrogens is 366 g/mol. The Morgan fingerprint density at radius 2 is 1.82 bits per heavy atom. The van der Waals surface area contributed by atoms with E-state index in [1.54, 1.807) is 30.1 Å². The van der Waals surface area contributed by atoms with E-state index in [9.17, 15) is 13.6 Å². The van der Waals surface area contributed by atoms with Crippen molar-refractivity contribution >= 4 is 5.91 Å². The van der Waals surface area contributed by atoms with Gasteiger partial charge in [0.05, 0.1) is 30.9 Å². The molecule has 2 atom stereocenters. The minimum absolute atomic E-state index is 0.0495. The second-order valence-electron chi connectivity index (χ2n) is 7.62. The van der Waals surface area contributed by atoms with Crippen LogP contribution in [0.3, 0.4) is 0 Å². The number of likely N-dealkylation sites (N-methyl/N-ethyl adjacent to an activating group) is 1. The van der Waals surface area contributed by atoms with Crippen LogP contribution in [0.2, 0.25) is 0 Å². The van der Waals surface area contributed by atoms with Crippen LogP contribution in [0, 0.1) is 11.6 Å².